The Morgan fingerprint density at radius 2 is 1.60 bits per heavy atom. The van der Waals surface area contributed by atoms with Gasteiger partial charge in [-0.2, -0.15) is 0 Å². The fraction of sp³-hybridized carbons (Fsp3) is 0.278. The van der Waals surface area contributed by atoms with E-state index in [1.54, 1.807) is 0 Å². The molecule has 4 rings (SSSR count). The van der Waals surface area contributed by atoms with Gasteiger partial charge in [0.25, 0.3) is 0 Å². The molecule has 0 bridgehead atoms. The summed E-state index contributed by atoms with van der Waals surface area (Å²) in [5.41, 5.74) is 2.03. The monoisotopic (exact) mass is 266 g/mol. The highest BCUT2D eigenvalue weighted by Crippen LogP contribution is 2.59. The van der Waals surface area contributed by atoms with Crippen molar-refractivity contribution in [3.8, 4) is 0 Å². The molecule has 0 aromatic heterocycles. The summed E-state index contributed by atoms with van der Waals surface area (Å²) in [6.45, 7) is -4.42. The second-order valence-corrected chi connectivity index (χ2v) is 5.32. The second-order valence-electron chi connectivity index (χ2n) is 5.32. The van der Waals surface area contributed by atoms with E-state index in [9.17, 15) is 0 Å². The number of rotatable bonds is 3. The minimum atomic E-state index is -2.25. The summed E-state index contributed by atoms with van der Waals surface area (Å²) in [5.74, 6) is 0.382. The zero-order valence-corrected chi connectivity index (χ0v) is 11.0. The van der Waals surface area contributed by atoms with E-state index in [1.807, 2.05) is 36.4 Å². The Labute approximate surface area is 125 Å². The number of nitrogens with zero attached hydrogens (tertiary/aromatic N) is 1. The zero-order valence-electron chi connectivity index (χ0n) is 15.0. The molecule has 1 saturated carbocycles. The maximum absolute atomic E-state index is 7.85. The van der Waals surface area contributed by atoms with Gasteiger partial charge in [0.05, 0.1) is 12.0 Å². The molecule has 0 saturated heterocycles. The lowest BCUT2D eigenvalue weighted by Crippen LogP contribution is -2.25. The van der Waals surface area contributed by atoms with Gasteiger partial charge in [-0.05, 0) is 17.5 Å². The van der Waals surface area contributed by atoms with Gasteiger partial charge in [-0.25, -0.2) is 0 Å². The fourth-order valence-corrected chi connectivity index (χ4v) is 3.24. The molecule has 0 radical (unpaired) electrons. The van der Waals surface area contributed by atoms with Gasteiger partial charge in [-0.3, -0.25) is 4.99 Å². The van der Waals surface area contributed by atoms with Gasteiger partial charge in [0.2, 0.25) is 0 Å². The normalized spacial score (nSPS) is 31.0. The van der Waals surface area contributed by atoms with Crippen molar-refractivity contribution in [3.05, 3.63) is 71.8 Å². The molecule has 1 unspecified atom stereocenters. The third-order valence-electron chi connectivity index (χ3n) is 4.29. The summed E-state index contributed by atoms with van der Waals surface area (Å²) in [4.78, 5) is 4.05. The Bertz CT molecular complexity index is 748. The summed E-state index contributed by atoms with van der Waals surface area (Å²) in [7, 11) is 0. The van der Waals surface area contributed by atoms with E-state index in [1.165, 1.54) is 0 Å². The Morgan fingerprint density at radius 3 is 2.10 bits per heavy atom. The van der Waals surface area contributed by atoms with Crippen LogP contribution in [0.3, 0.4) is 0 Å². The van der Waals surface area contributed by atoms with E-state index < -0.39 is 13.0 Å². The number of hydrogen-bond acceptors (Lipinski definition) is 2. The van der Waals surface area contributed by atoms with Crippen LogP contribution in [-0.2, 0) is 5.41 Å². The summed E-state index contributed by atoms with van der Waals surface area (Å²) in [6.07, 6.45) is 0.791. The molecule has 2 aliphatic rings. The summed E-state index contributed by atoms with van der Waals surface area (Å²) in [6, 6.07) is 20.2. The lowest BCUT2D eigenvalue weighted by molar-refractivity contribution is 0.795. The van der Waals surface area contributed by atoms with Crippen molar-refractivity contribution in [3.63, 3.8) is 0 Å². The highest BCUT2D eigenvalue weighted by molar-refractivity contribution is 5.91. The van der Waals surface area contributed by atoms with E-state index in [0.29, 0.717) is 5.84 Å². The van der Waals surface area contributed by atoms with Crippen molar-refractivity contribution in [2.45, 2.75) is 11.8 Å². The molecule has 1 fully saturated rings. The van der Waals surface area contributed by atoms with Crippen LogP contribution in [0.15, 0.2) is 65.7 Å². The highest BCUT2D eigenvalue weighted by Gasteiger charge is 2.59. The molecule has 1 aliphatic heterocycles. The molecule has 2 aromatic rings. The van der Waals surface area contributed by atoms with E-state index in [4.69, 9.17) is 5.48 Å². The van der Waals surface area contributed by atoms with Crippen LogP contribution in [0.2, 0.25) is 0 Å². The number of aliphatic imine (C=N–C) groups is 1. The lowest BCUT2D eigenvalue weighted by atomic mass is 9.85. The van der Waals surface area contributed by atoms with E-state index in [2.05, 4.69) is 34.6 Å². The first-order valence-corrected chi connectivity index (χ1v) is 6.86. The smallest absolute Gasteiger partial charge is 0.101 e. The van der Waals surface area contributed by atoms with Gasteiger partial charge in [0.15, 0.2) is 0 Å². The molecular formula is C18H18N2. The first kappa shape index (κ1) is 8.25. The predicted molar refractivity (Wildman–Crippen MR) is 82.1 cm³/mol. The fourth-order valence-electron chi connectivity index (χ4n) is 3.24. The Morgan fingerprint density at radius 1 is 1.00 bits per heavy atom. The highest BCUT2D eigenvalue weighted by atomic mass is 15.1. The van der Waals surface area contributed by atoms with Crippen LogP contribution < -0.4 is 5.32 Å². The second kappa shape index (κ2) is 4.48. The van der Waals surface area contributed by atoms with Crippen molar-refractivity contribution in [2.75, 3.05) is 13.0 Å². The molecule has 2 aromatic carbocycles. The molecule has 1 N–H and O–H groups in total. The molecule has 20 heavy (non-hydrogen) atoms. The number of amidine groups is 1. The zero-order chi connectivity index (χ0) is 17.0. The molecule has 0 amide bonds. The maximum atomic E-state index is 7.85. The van der Waals surface area contributed by atoms with Crippen LogP contribution in [0.4, 0.5) is 0 Å². The van der Waals surface area contributed by atoms with E-state index in [0.717, 1.165) is 17.5 Å². The van der Waals surface area contributed by atoms with Crippen LogP contribution in [0, 0.1) is 5.92 Å². The Kier molecular flexibility index (Phi) is 1.85. The predicted octanol–water partition coefficient (Wildman–Crippen LogP) is 2.99. The van der Waals surface area contributed by atoms with Crippen molar-refractivity contribution in [1.82, 2.24) is 5.32 Å². The van der Waals surface area contributed by atoms with Crippen molar-refractivity contribution in [1.29, 1.82) is 0 Å². The molecule has 100 valence electrons. The number of nitrogens with one attached hydrogen (secondary N) is 1. The molecule has 0 spiro atoms. The third kappa shape index (κ3) is 1.68. The minimum absolute atomic E-state index is 0.0463. The van der Waals surface area contributed by atoms with Crippen LogP contribution >= 0.6 is 0 Å². The first-order chi connectivity index (χ1) is 11.4. The van der Waals surface area contributed by atoms with Gasteiger partial charge in [-0.1, -0.05) is 60.7 Å². The molecule has 1 aliphatic carbocycles. The van der Waals surface area contributed by atoms with Crippen LogP contribution in [0.5, 0.6) is 0 Å². The molecule has 1 heterocycles. The Balaban J connectivity index is 1.77. The average Bonchev–Trinajstić information content (AvgIpc) is 3.27. The molecule has 1 atom stereocenters. The van der Waals surface area contributed by atoms with Gasteiger partial charge in [-0.15, -0.1) is 0 Å². The summed E-state index contributed by atoms with van der Waals surface area (Å²) >= 11 is 0. The van der Waals surface area contributed by atoms with Gasteiger partial charge in [0, 0.05) is 17.8 Å². The first-order valence-electron chi connectivity index (χ1n) is 8.86. The number of hydrogen-bond donors (Lipinski definition) is 1. The van der Waals surface area contributed by atoms with Crippen LogP contribution in [-0.4, -0.2) is 18.8 Å². The van der Waals surface area contributed by atoms with Crippen LogP contribution in [0.25, 0.3) is 0 Å². The van der Waals surface area contributed by atoms with Crippen LogP contribution in [0.1, 0.15) is 23.0 Å². The maximum Gasteiger partial charge on any atom is 0.101 e. The standard InChI is InChI=1S/C18H18N2/c1-3-7-14(8-4-1)18(15-9-5-2-6-10-15)13-16(18)17-19-11-12-20-17/h1-10,16H,11-13H2,(H,19,20)/i11D2,12D2. The van der Waals surface area contributed by atoms with Crippen molar-refractivity contribution in [2.24, 2.45) is 10.9 Å². The molecular weight excluding hydrogens is 244 g/mol. The summed E-state index contributed by atoms with van der Waals surface area (Å²) < 4.78 is 31.3. The molecule has 2 heteroatoms. The molecule has 2 nitrogen and oxygen atoms in total. The van der Waals surface area contributed by atoms with Gasteiger partial charge >= 0.3 is 0 Å². The van der Waals surface area contributed by atoms with Crippen molar-refractivity contribution < 1.29 is 5.48 Å². The van der Waals surface area contributed by atoms with Gasteiger partial charge < -0.3 is 5.32 Å². The Hall–Kier alpha value is -2.09. The lowest BCUT2D eigenvalue weighted by Gasteiger charge is -2.19. The average molecular weight is 266 g/mol. The quantitative estimate of drug-likeness (QED) is 0.907. The van der Waals surface area contributed by atoms with E-state index in [-0.39, 0.29) is 11.3 Å². The topological polar surface area (TPSA) is 24.4 Å². The van der Waals surface area contributed by atoms with Crippen molar-refractivity contribution >= 4 is 5.84 Å². The minimum Gasteiger partial charge on any atom is -0.372 e. The SMILES string of the molecule is [2H]C1([2H])N=C(C2CC2(c2ccccc2)c2ccccc2)NC1([2H])[2H]. The van der Waals surface area contributed by atoms with E-state index >= 15 is 0 Å². The largest absolute Gasteiger partial charge is 0.372 e. The third-order valence-corrected chi connectivity index (χ3v) is 4.29. The summed E-state index contributed by atoms with van der Waals surface area (Å²) in [5, 5.41) is 2.69. The number of benzene rings is 2. The van der Waals surface area contributed by atoms with Gasteiger partial charge in [0.1, 0.15) is 5.84 Å².